The summed E-state index contributed by atoms with van der Waals surface area (Å²) in [4.78, 5) is 12.1. The zero-order chi connectivity index (χ0) is 14.0. The van der Waals surface area contributed by atoms with Crippen molar-refractivity contribution in [2.75, 3.05) is 6.61 Å². The molecule has 1 aliphatic carbocycles. The maximum atomic E-state index is 13.9. The van der Waals surface area contributed by atoms with Crippen molar-refractivity contribution in [1.29, 1.82) is 0 Å². The first-order valence-corrected chi connectivity index (χ1v) is 6.38. The van der Waals surface area contributed by atoms with Gasteiger partial charge in [0.2, 0.25) is 0 Å². The maximum absolute atomic E-state index is 13.9. The Bertz CT molecular complexity index is 488. The van der Waals surface area contributed by atoms with Gasteiger partial charge in [-0.15, -0.1) is 0 Å². The molecule has 0 aliphatic heterocycles. The Morgan fingerprint density at radius 1 is 1.47 bits per heavy atom. The average Bonchev–Trinajstić information content (AvgIpc) is 3.16. The van der Waals surface area contributed by atoms with Crippen molar-refractivity contribution in [3.63, 3.8) is 0 Å². The summed E-state index contributed by atoms with van der Waals surface area (Å²) in [5, 5.41) is 3.06. The molecule has 0 heterocycles. The molecule has 0 bridgehead atoms. The second-order valence-electron chi connectivity index (χ2n) is 4.89. The molecule has 0 radical (unpaired) electrons. The second kappa shape index (κ2) is 5.25. The molecule has 1 atom stereocenters. The molecule has 0 saturated heterocycles. The number of benzene rings is 1. The van der Waals surface area contributed by atoms with Crippen LogP contribution in [0, 0.1) is 11.6 Å². The van der Waals surface area contributed by atoms with Gasteiger partial charge in [-0.2, -0.15) is 0 Å². The summed E-state index contributed by atoms with van der Waals surface area (Å²) in [6.07, 6.45) is 1.85. The highest BCUT2D eigenvalue weighted by Crippen LogP contribution is 2.31. The predicted octanol–water partition coefficient (Wildman–Crippen LogP) is 2.50. The largest absolute Gasteiger partial charge is 0.464 e. The summed E-state index contributed by atoms with van der Waals surface area (Å²) in [5.41, 5.74) is -1.37. The third-order valence-corrected chi connectivity index (χ3v) is 3.22. The van der Waals surface area contributed by atoms with Crippen molar-refractivity contribution in [2.24, 2.45) is 0 Å². The minimum Gasteiger partial charge on any atom is -0.464 e. The highest BCUT2D eigenvalue weighted by atomic mass is 19.1. The molecule has 1 saturated carbocycles. The van der Waals surface area contributed by atoms with E-state index in [1.54, 1.807) is 6.92 Å². The lowest BCUT2D eigenvalue weighted by Gasteiger charge is -2.29. The van der Waals surface area contributed by atoms with Crippen LogP contribution in [0.5, 0.6) is 0 Å². The van der Waals surface area contributed by atoms with Crippen LogP contribution in [-0.4, -0.2) is 18.6 Å². The normalized spacial score (nSPS) is 17.9. The van der Waals surface area contributed by atoms with Crippen LogP contribution in [0.4, 0.5) is 8.78 Å². The Labute approximate surface area is 111 Å². The topological polar surface area (TPSA) is 38.3 Å². The molecule has 1 unspecified atom stereocenters. The predicted molar refractivity (Wildman–Crippen MR) is 66.5 cm³/mol. The van der Waals surface area contributed by atoms with Gasteiger partial charge in [-0.1, -0.05) is 0 Å². The number of nitrogens with one attached hydrogen (secondary N) is 1. The quantitative estimate of drug-likeness (QED) is 0.835. The Hall–Kier alpha value is -1.49. The van der Waals surface area contributed by atoms with Crippen LogP contribution in [0.1, 0.15) is 32.3 Å². The van der Waals surface area contributed by atoms with Gasteiger partial charge in [-0.05, 0) is 44.9 Å². The van der Waals surface area contributed by atoms with Gasteiger partial charge in [0.15, 0.2) is 0 Å². The summed E-state index contributed by atoms with van der Waals surface area (Å²) in [6.45, 7) is 3.40. The first-order valence-electron chi connectivity index (χ1n) is 6.38. The van der Waals surface area contributed by atoms with Crippen LogP contribution in [0.3, 0.4) is 0 Å². The molecule has 3 nitrogen and oxygen atoms in total. The highest BCUT2D eigenvalue weighted by Gasteiger charge is 2.43. The van der Waals surface area contributed by atoms with Crippen molar-refractivity contribution in [2.45, 2.75) is 38.3 Å². The summed E-state index contributed by atoms with van der Waals surface area (Å²) in [7, 11) is 0. The Kier molecular flexibility index (Phi) is 3.85. The Morgan fingerprint density at radius 3 is 2.74 bits per heavy atom. The molecular formula is C14H17F2NO2. The van der Waals surface area contributed by atoms with Gasteiger partial charge >= 0.3 is 5.97 Å². The fourth-order valence-corrected chi connectivity index (χ4v) is 2.04. The van der Waals surface area contributed by atoms with Gasteiger partial charge in [0.1, 0.15) is 17.2 Å². The number of ether oxygens (including phenoxy) is 1. The fourth-order valence-electron chi connectivity index (χ4n) is 2.04. The second-order valence-corrected chi connectivity index (χ2v) is 4.89. The minimum absolute atomic E-state index is 0.0159. The number of carbonyl (C=O) groups is 1. The van der Waals surface area contributed by atoms with E-state index >= 15 is 0 Å². The number of rotatable bonds is 5. The average molecular weight is 269 g/mol. The molecule has 0 spiro atoms. The van der Waals surface area contributed by atoms with Crippen LogP contribution >= 0.6 is 0 Å². The number of hydrogen-bond acceptors (Lipinski definition) is 3. The van der Waals surface area contributed by atoms with Crippen molar-refractivity contribution >= 4 is 5.97 Å². The zero-order valence-electron chi connectivity index (χ0n) is 11.0. The van der Waals surface area contributed by atoms with Crippen molar-refractivity contribution < 1.29 is 18.3 Å². The molecule has 104 valence electrons. The molecule has 1 fully saturated rings. The molecule has 2 rings (SSSR count). The minimum atomic E-state index is -1.36. The summed E-state index contributed by atoms with van der Waals surface area (Å²) in [5.74, 6) is -1.79. The third kappa shape index (κ3) is 2.92. The van der Waals surface area contributed by atoms with E-state index in [0.29, 0.717) is 0 Å². The van der Waals surface area contributed by atoms with E-state index in [2.05, 4.69) is 5.32 Å². The molecule has 0 aromatic heterocycles. The standard InChI is InChI=1S/C14H17F2NO2/c1-3-19-13(18)14(2,17-10-5-6-10)11-8-9(15)4-7-12(11)16/h4,7-8,10,17H,3,5-6H2,1-2H3. The monoisotopic (exact) mass is 269 g/mol. The summed E-state index contributed by atoms with van der Waals surface area (Å²) in [6, 6.07) is 3.25. The zero-order valence-corrected chi connectivity index (χ0v) is 11.0. The van der Waals surface area contributed by atoms with E-state index in [4.69, 9.17) is 4.74 Å². The van der Waals surface area contributed by atoms with Gasteiger partial charge in [-0.3, -0.25) is 5.32 Å². The van der Waals surface area contributed by atoms with Crippen molar-refractivity contribution in [3.8, 4) is 0 Å². The number of halogens is 2. The molecule has 1 aliphatic rings. The van der Waals surface area contributed by atoms with Gasteiger partial charge in [0.25, 0.3) is 0 Å². The summed E-state index contributed by atoms with van der Waals surface area (Å²) >= 11 is 0. The Balaban J connectivity index is 2.40. The smallest absolute Gasteiger partial charge is 0.330 e. The van der Waals surface area contributed by atoms with E-state index < -0.39 is 23.1 Å². The lowest BCUT2D eigenvalue weighted by molar-refractivity contribution is -0.151. The number of hydrogen-bond donors (Lipinski definition) is 1. The van der Waals surface area contributed by atoms with E-state index in [-0.39, 0.29) is 18.2 Å². The van der Waals surface area contributed by atoms with Gasteiger partial charge in [0.05, 0.1) is 6.61 Å². The molecular weight excluding hydrogens is 252 g/mol. The SMILES string of the molecule is CCOC(=O)C(C)(NC1CC1)c1cc(F)ccc1F. The van der Waals surface area contributed by atoms with E-state index in [1.807, 2.05) is 0 Å². The van der Waals surface area contributed by atoms with Gasteiger partial charge < -0.3 is 4.74 Å². The molecule has 5 heteroatoms. The van der Waals surface area contributed by atoms with Gasteiger partial charge in [0, 0.05) is 11.6 Å². The lowest BCUT2D eigenvalue weighted by Crippen LogP contribution is -2.49. The maximum Gasteiger partial charge on any atom is 0.330 e. The Morgan fingerprint density at radius 2 is 2.16 bits per heavy atom. The molecule has 1 aromatic rings. The first kappa shape index (κ1) is 13.9. The van der Waals surface area contributed by atoms with Gasteiger partial charge in [-0.25, -0.2) is 13.6 Å². The van der Waals surface area contributed by atoms with Crippen molar-refractivity contribution in [3.05, 3.63) is 35.4 Å². The van der Waals surface area contributed by atoms with Crippen LogP contribution < -0.4 is 5.32 Å². The van der Waals surface area contributed by atoms with E-state index in [1.165, 1.54) is 6.92 Å². The fraction of sp³-hybridized carbons (Fsp3) is 0.500. The van der Waals surface area contributed by atoms with Crippen LogP contribution in [0.15, 0.2) is 18.2 Å². The summed E-state index contributed by atoms with van der Waals surface area (Å²) < 4.78 is 32.2. The molecule has 19 heavy (non-hydrogen) atoms. The molecule has 1 aromatic carbocycles. The lowest BCUT2D eigenvalue weighted by atomic mass is 9.91. The van der Waals surface area contributed by atoms with E-state index in [0.717, 1.165) is 31.0 Å². The number of esters is 1. The molecule has 1 N–H and O–H groups in total. The highest BCUT2D eigenvalue weighted by molar-refractivity contribution is 5.82. The number of carbonyl (C=O) groups excluding carboxylic acids is 1. The molecule has 0 amide bonds. The van der Waals surface area contributed by atoms with Crippen LogP contribution in [-0.2, 0) is 15.1 Å². The first-order chi connectivity index (χ1) is 8.97. The van der Waals surface area contributed by atoms with E-state index in [9.17, 15) is 13.6 Å². The van der Waals surface area contributed by atoms with Crippen molar-refractivity contribution in [1.82, 2.24) is 5.32 Å². The third-order valence-electron chi connectivity index (χ3n) is 3.22. The van der Waals surface area contributed by atoms with Crippen LogP contribution in [0.25, 0.3) is 0 Å². The van der Waals surface area contributed by atoms with Crippen LogP contribution in [0.2, 0.25) is 0 Å².